The standard InChI is InChI=1S/C13H15NO/c1-9(2)11-6-10-4-5-12(15-3)7-13(10)14-8-11/h4-9H,1-3H3. The second-order valence-corrected chi connectivity index (χ2v) is 3.98. The van der Waals surface area contributed by atoms with E-state index in [2.05, 4.69) is 24.9 Å². The number of hydrogen-bond donors (Lipinski definition) is 0. The topological polar surface area (TPSA) is 22.1 Å². The maximum atomic E-state index is 5.16. The molecule has 0 fully saturated rings. The van der Waals surface area contributed by atoms with Crippen molar-refractivity contribution in [3.05, 3.63) is 36.0 Å². The summed E-state index contributed by atoms with van der Waals surface area (Å²) < 4.78 is 5.16. The minimum absolute atomic E-state index is 0.518. The summed E-state index contributed by atoms with van der Waals surface area (Å²) in [6, 6.07) is 8.16. The fraction of sp³-hybridized carbons (Fsp3) is 0.308. The van der Waals surface area contributed by atoms with Crippen LogP contribution in [-0.2, 0) is 0 Å². The molecule has 0 aliphatic rings. The van der Waals surface area contributed by atoms with Gasteiger partial charge in [0, 0.05) is 17.6 Å². The minimum Gasteiger partial charge on any atom is -0.497 e. The zero-order valence-electron chi connectivity index (χ0n) is 9.32. The van der Waals surface area contributed by atoms with E-state index in [1.54, 1.807) is 7.11 Å². The Morgan fingerprint density at radius 2 is 2.00 bits per heavy atom. The number of fused-ring (bicyclic) bond motifs is 1. The lowest BCUT2D eigenvalue weighted by Crippen LogP contribution is -1.90. The summed E-state index contributed by atoms with van der Waals surface area (Å²) in [5.41, 5.74) is 2.26. The van der Waals surface area contributed by atoms with Crippen LogP contribution in [0.4, 0.5) is 0 Å². The minimum atomic E-state index is 0.518. The Bertz CT molecular complexity index is 477. The Hall–Kier alpha value is -1.57. The Labute approximate surface area is 89.9 Å². The number of hydrogen-bond acceptors (Lipinski definition) is 2. The quantitative estimate of drug-likeness (QED) is 0.743. The molecule has 1 heterocycles. The molecular weight excluding hydrogens is 186 g/mol. The SMILES string of the molecule is COc1ccc2cc(C(C)C)cnc2c1. The van der Waals surface area contributed by atoms with Gasteiger partial charge in [0.05, 0.1) is 12.6 Å². The van der Waals surface area contributed by atoms with Crippen LogP contribution in [0.1, 0.15) is 25.3 Å². The van der Waals surface area contributed by atoms with Crippen LogP contribution < -0.4 is 4.74 Å². The highest BCUT2D eigenvalue weighted by Gasteiger charge is 2.02. The molecule has 0 saturated heterocycles. The van der Waals surface area contributed by atoms with Gasteiger partial charge in [-0.2, -0.15) is 0 Å². The predicted molar refractivity (Wildman–Crippen MR) is 62.4 cm³/mol. The second-order valence-electron chi connectivity index (χ2n) is 3.98. The normalized spacial score (nSPS) is 10.9. The van der Waals surface area contributed by atoms with Crippen molar-refractivity contribution in [2.24, 2.45) is 0 Å². The number of ether oxygens (including phenoxy) is 1. The van der Waals surface area contributed by atoms with Gasteiger partial charge in [0.15, 0.2) is 0 Å². The first kappa shape index (κ1) is 9.97. The van der Waals surface area contributed by atoms with Crippen LogP contribution in [0, 0.1) is 0 Å². The molecule has 0 saturated carbocycles. The molecule has 78 valence electrons. The van der Waals surface area contributed by atoms with Crippen LogP contribution in [0.5, 0.6) is 5.75 Å². The van der Waals surface area contributed by atoms with Crippen molar-refractivity contribution < 1.29 is 4.74 Å². The van der Waals surface area contributed by atoms with Gasteiger partial charge in [0.1, 0.15) is 5.75 Å². The van der Waals surface area contributed by atoms with Crippen LogP contribution in [0.2, 0.25) is 0 Å². The molecule has 1 aromatic carbocycles. The molecule has 0 aliphatic carbocycles. The van der Waals surface area contributed by atoms with Gasteiger partial charge in [-0.3, -0.25) is 4.98 Å². The number of rotatable bonds is 2. The smallest absolute Gasteiger partial charge is 0.121 e. The lowest BCUT2D eigenvalue weighted by molar-refractivity contribution is 0.415. The lowest BCUT2D eigenvalue weighted by atomic mass is 10.0. The average Bonchev–Trinajstić information content (AvgIpc) is 2.27. The number of aromatic nitrogens is 1. The van der Waals surface area contributed by atoms with Gasteiger partial charge in [-0.1, -0.05) is 13.8 Å². The Morgan fingerprint density at radius 3 is 2.67 bits per heavy atom. The number of nitrogens with zero attached hydrogens (tertiary/aromatic N) is 1. The van der Waals surface area contributed by atoms with E-state index >= 15 is 0 Å². The summed E-state index contributed by atoms with van der Waals surface area (Å²) in [7, 11) is 1.67. The molecule has 1 aromatic heterocycles. The molecule has 0 amide bonds. The molecule has 15 heavy (non-hydrogen) atoms. The van der Waals surface area contributed by atoms with Crippen molar-refractivity contribution in [3.8, 4) is 5.75 Å². The summed E-state index contributed by atoms with van der Waals surface area (Å²) >= 11 is 0. The molecule has 0 radical (unpaired) electrons. The number of benzene rings is 1. The van der Waals surface area contributed by atoms with Crippen LogP contribution in [-0.4, -0.2) is 12.1 Å². The van der Waals surface area contributed by atoms with Crippen molar-refractivity contribution >= 4 is 10.9 Å². The molecule has 2 aromatic rings. The Kier molecular flexibility index (Phi) is 2.58. The van der Waals surface area contributed by atoms with Crippen molar-refractivity contribution in [2.45, 2.75) is 19.8 Å². The first-order chi connectivity index (χ1) is 7.20. The number of methoxy groups -OCH3 is 1. The molecule has 2 heteroatoms. The Morgan fingerprint density at radius 1 is 1.20 bits per heavy atom. The maximum Gasteiger partial charge on any atom is 0.121 e. The van der Waals surface area contributed by atoms with E-state index in [9.17, 15) is 0 Å². The highest BCUT2D eigenvalue weighted by molar-refractivity contribution is 5.80. The third kappa shape index (κ3) is 1.94. The van der Waals surface area contributed by atoms with Gasteiger partial charge in [-0.15, -0.1) is 0 Å². The molecule has 0 bridgehead atoms. The molecular formula is C13H15NO. The highest BCUT2D eigenvalue weighted by atomic mass is 16.5. The fourth-order valence-corrected chi connectivity index (χ4v) is 1.56. The van der Waals surface area contributed by atoms with Crippen molar-refractivity contribution in [1.29, 1.82) is 0 Å². The zero-order valence-corrected chi connectivity index (χ0v) is 9.32. The van der Waals surface area contributed by atoms with E-state index in [0.29, 0.717) is 5.92 Å². The van der Waals surface area contributed by atoms with Gasteiger partial charge in [-0.05, 0) is 29.7 Å². The first-order valence-electron chi connectivity index (χ1n) is 5.14. The summed E-state index contributed by atoms with van der Waals surface area (Å²) in [5, 5.41) is 1.17. The van der Waals surface area contributed by atoms with Crippen LogP contribution in [0.3, 0.4) is 0 Å². The summed E-state index contributed by atoms with van der Waals surface area (Å²) in [6.45, 7) is 4.35. The van der Waals surface area contributed by atoms with Crippen LogP contribution >= 0.6 is 0 Å². The lowest BCUT2D eigenvalue weighted by Gasteiger charge is -2.07. The average molecular weight is 201 g/mol. The van der Waals surface area contributed by atoms with Crippen molar-refractivity contribution in [2.75, 3.05) is 7.11 Å². The summed E-state index contributed by atoms with van der Waals surface area (Å²) in [5.74, 6) is 1.37. The number of pyridine rings is 1. The van der Waals surface area contributed by atoms with Gasteiger partial charge in [-0.25, -0.2) is 0 Å². The summed E-state index contributed by atoms with van der Waals surface area (Å²) in [4.78, 5) is 4.43. The van der Waals surface area contributed by atoms with Crippen LogP contribution in [0.15, 0.2) is 30.5 Å². The summed E-state index contributed by atoms with van der Waals surface area (Å²) in [6.07, 6.45) is 1.94. The third-order valence-electron chi connectivity index (χ3n) is 2.58. The zero-order chi connectivity index (χ0) is 10.8. The van der Waals surface area contributed by atoms with Gasteiger partial charge in [0.2, 0.25) is 0 Å². The van der Waals surface area contributed by atoms with Gasteiger partial charge >= 0.3 is 0 Å². The maximum absolute atomic E-state index is 5.16. The van der Waals surface area contributed by atoms with Crippen molar-refractivity contribution in [1.82, 2.24) is 4.98 Å². The molecule has 2 rings (SSSR count). The first-order valence-corrected chi connectivity index (χ1v) is 5.14. The fourth-order valence-electron chi connectivity index (χ4n) is 1.56. The van der Waals surface area contributed by atoms with E-state index in [4.69, 9.17) is 4.74 Å². The molecule has 0 unspecified atom stereocenters. The van der Waals surface area contributed by atoms with E-state index in [1.165, 1.54) is 10.9 Å². The second kappa shape index (κ2) is 3.89. The van der Waals surface area contributed by atoms with E-state index in [0.717, 1.165) is 11.3 Å². The largest absolute Gasteiger partial charge is 0.497 e. The monoisotopic (exact) mass is 201 g/mol. The Balaban J connectivity index is 2.55. The molecule has 2 nitrogen and oxygen atoms in total. The predicted octanol–water partition coefficient (Wildman–Crippen LogP) is 3.37. The van der Waals surface area contributed by atoms with Gasteiger partial charge < -0.3 is 4.74 Å². The molecule has 0 N–H and O–H groups in total. The highest BCUT2D eigenvalue weighted by Crippen LogP contribution is 2.22. The van der Waals surface area contributed by atoms with Crippen LogP contribution in [0.25, 0.3) is 10.9 Å². The molecule has 0 aliphatic heterocycles. The van der Waals surface area contributed by atoms with Crippen molar-refractivity contribution in [3.63, 3.8) is 0 Å². The molecule has 0 spiro atoms. The molecule has 0 atom stereocenters. The van der Waals surface area contributed by atoms with E-state index in [1.807, 2.05) is 24.4 Å². The third-order valence-corrected chi connectivity index (χ3v) is 2.58. The van der Waals surface area contributed by atoms with E-state index in [-0.39, 0.29) is 0 Å². The van der Waals surface area contributed by atoms with Gasteiger partial charge in [0.25, 0.3) is 0 Å². The van der Waals surface area contributed by atoms with E-state index < -0.39 is 0 Å².